The van der Waals surface area contributed by atoms with Crippen LogP contribution in [0.3, 0.4) is 0 Å². The molecule has 2 heterocycles. The first-order valence-electron chi connectivity index (χ1n) is 7.60. The third-order valence-corrected chi connectivity index (χ3v) is 3.97. The predicted octanol–water partition coefficient (Wildman–Crippen LogP) is 3.21. The van der Waals surface area contributed by atoms with Gasteiger partial charge in [0, 0.05) is 24.5 Å². The lowest BCUT2D eigenvalue weighted by atomic mass is 9.91. The van der Waals surface area contributed by atoms with E-state index in [1.807, 2.05) is 13.0 Å². The van der Waals surface area contributed by atoms with E-state index >= 15 is 0 Å². The number of nitrogens with one attached hydrogen (secondary N) is 1. The van der Waals surface area contributed by atoms with E-state index in [1.54, 1.807) is 0 Å². The molecular weight excluding hydrogens is 250 g/mol. The second-order valence-electron chi connectivity index (χ2n) is 5.74. The molecule has 3 rings (SSSR count). The third kappa shape index (κ3) is 2.80. The van der Waals surface area contributed by atoms with Crippen molar-refractivity contribution in [3.63, 3.8) is 0 Å². The van der Waals surface area contributed by atoms with Gasteiger partial charge in [-0.15, -0.1) is 0 Å². The van der Waals surface area contributed by atoms with Crippen LogP contribution in [0.15, 0.2) is 23.0 Å². The molecule has 0 radical (unpaired) electrons. The quantitative estimate of drug-likeness (QED) is 0.909. The molecule has 2 aromatic heterocycles. The molecule has 1 aliphatic rings. The monoisotopic (exact) mass is 273 g/mol. The van der Waals surface area contributed by atoms with Crippen molar-refractivity contribution < 1.29 is 4.52 Å². The Hall–Kier alpha value is -1.55. The Morgan fingerprint density at radius 2 is 2.35 bits per heavy atom. The fourth-order valence-corrected chi connectivity index (χ4v) is 3.05. The van der Waals surface area contributed by atoms with Gasteiger partial charge in [0.15, 0.2) is 0 Å². The Bertz CT molecular complexity index is 570. The van der Waals surface area contributed by atoms with Crippen LogP contribution in [-0.4, -0.2) is 16.3 Å². The minimum atomic E-state index is 0.527. The van der Waals surface area contributed by atoms with Gasteiger partial charge in [0.05, 0.1) is 6.54 Å². The second-order valence-corrected chi connectivity index (χ2v) is 5.74. The first-order chi connectivity index (χ1) is 9.76. The highest BCUT2D eigenvalue weighted by Gasteiger charge is 2.21. The van der Waals surface area contributed by atoms with Gasteiger partial charge in [-0.25, -0.2) is 0 Å². The van der Waals surface area contributed by atoms with Crippen LogP contribution in [0.2, 0.25) is 0 Å². The predicted molar refractivity (Wildman–Crippen MR) is 78.7 cm³/mol. The number of nitrogens with zero attached hydrogens (tertiary/aromatic N) is 2. The van der Waals surface area contributed by atoms with Crippen LogP contribution in [0.25, 0.3) is 0 Å². The molecule has 0 amide bonds. The van der Waals surface area contributed by atoms with Gasteiger partial charge >= 0.3 is 0 Å². The lowest BCUT2D eigenvalue weighted by Gasteiger charge is -2.23. The summed E-state index contributed by atoms with van der Waals surface area (Å²) in [5.74, 6) is 0.874. The van der Waals surface area contributed by atoms with Crippen LogP contribution in [0.4, 0.5) is 0 Å². The van der Waals surface area contributed by atoms with E-state index in [9.17, 15) is 0 Å². The summed E-state index contributed by atoms with van der Waals surface area (Å²) < 4.78 is 7.38. The fraction of sp³-hybridized carbons (Fsp3) is 0.562. The van der Waals surface area contributed by atoms with Gasteiger partial charge in [0.1, 0.15) is 11.5 Å². The normalized spacial score (nSPS) is 18.2. The lowest BCUT2D eigenvalue weighted by Crippen LogP contribution is -2.24. The zero-order valence-electron chi connectivity index (χ0n) is 12.4. The molecule has 108 valence electrons. The summed E-state index contributed by atoms with van der Waals surface area (Å²) in [7, 11) is 0. The molecule has 1 aliphatic carbocycles. The highest BCUT2D eigenvalue weighted by Crippen LogP contribution is 2.30. The molecule has 1 atom stereocenters. The molecule has 0 aromatic carbocycles. The van der Waals surface area contributed by atoms with Crippen molar-refractivity contribution in [2.24, 2.45) is 0 Å². The smallest absolute Gasteiger partial charge is 0.133 e. The average Bonchev–Trinajstić information content (AvgIpc) is 3.02. The van der Waals surface area contributed by atoms with Crippen molar-refractivity contribution in [2.75, 3.05) is 6.54 Å². The van der Waals surface area contributed by atoms with E-state index in [0.717, 1.165) is 24.5 Å². The van der Waals surface area contributed by atoms with Crippen molar-refractivity contribution in [1.29, 1.82) is 0 Å². The number of aryl methyl sites for hydroxylation is 2. The summed E-state index contributed by atoms with van der Waals surface area (Å²) in [6, 6.07) is 2.53. The summed E-state index contributed by atoms with van der Waals surface area (Å²) >= 11 is 0. The molecule has 0 bridgehead atoms. The summed E-state index contributed by atoms with van der Waals surface area (Å²) in [6.45, 7) is 6.04. The maximum absolute atomic E-state index is 5.14. The molecule has 4 heteroatoms. The van der Waals surface area contributed by atoms with Crippen molar-refractivity contribution in [2.45, 2.75) is 52.1 Å². The van der Waals surface area contributed by atoms with E-state index in [2.05, 4.69) is 34.4 Å². The number of hydrogen-bond acceptors (Lipinski definition) is 3. The van der Waals surface area contributed by atoms with Gasteiger partial charge in [-0.05, 0) is 50.3 Å². The van der Waals surface area contributed by atoms with Gasteiger partial charge in [0.25, 0.3) is 0 Å². The molecule has 0 saturated heterocycles. The van der Waals surface area contributed by atoms with Crippen molar-refractivity contribution in [3.05, 3.63) is 41.0 Å². The molecule has 1 N–H and O–H groups in total. The summed E-state index contributed by atoms with van der Waals surface area (Å²) in [6.07, 6.45) is 9.47. The standard InChI is InChI=1S/C16H23N3O/c1-3-7-17-16-6-4-5-13-9-19(11-15(13)16)10-14-8-12(2)20-18-14/h8-9,11,16-17H,3-7,10H2,1-2H3. The van der Waals surface area contributed by atoms with Gasteiger partial charge < -0.3 is 14.4 Å². The van der Waals surface area contributed by atoms with Gasteiger partial charge in [-0.1, -0.05) is 12.1 Å². The molecule has 0 aliphatic heterocycles. The molecule has 0 saturated carbocycles. The number of rotatable bonds is 5. The van der Waals surface area contributed by atoms with Gasteiger partial charge in [-0.2, -0.15) is 0 Å². The van der Waals surface area contributed by atoms with Crippen molar-refractivity contribution >= 4 is 0 Å². The van der Waals surface area contributed by atoms with Crippen LogP contribution in [0.1, 0.15) is 54.8 Å². The number of fused-ring (bicyclic) bond motifs is 1. The van der Waals surface area contributed by atoms with Crippen LogP contribution in [-0.2, 0) is 13.0 Å². The Morgan fingerprint density at radius 1 is 1.45 bits per heavy atom. The molecule has 20 heavy (non-hydrogen) atoms. The van der Waals surface area contributed by atoms with Crippen LogP contribution < -0.4 is 5.32 Å². The SMILES string of the molecule is CCCNC1CCCc2cn(Cc3cc(C)on3)cc21. The van der Waals surface area contributed by atoms with E-state index in [1.165, 1.54) is 36.8 Å². The van der Waals surface area contributed by atoms with E-state index < -0.39 is 0 Å². The minimum Gasteiger partial charge on any atom is -0.361 e. The van der Waals surface area contributed by atoms with Crippen molar-refractivity contribution in [1.82, 2.24) is 15.0 Å². The Labute approximate surface area is 120 Å². The summed E-state index contributed by atoms with van der Waals surface area (Å²) in [5.41, 5.74) is 3.96. The van der Waals surface area contributed by atoms with E-state index in [4.69, 9.17) is 4.52 Å². The minimum absolute atomic E-state index is 0.527. The van der Waals surface area contributed by atoms with Gasteiger partial charge in [-0.3, -0.25) is 0 Å². The lowest BCUT2D eigenvalue weighted by molar-refractivity contribution is 0.389. The van der Waals surface area contributed by atoms with E-state index in [-0.39, 0.29) is 0 Å². The van der Waals surface area contributed by atoms with Gasteiger partial charge in [0.2, 0.25) is 0 Å². The zero-order valence-corrected chi connectivity index (χ0v) is 12.4. The van der Waals surface area contributed by atoms with Crippen LogP contribution >= 0.6 is 0 Å². The fourth-order valence-electron chi connectivity index (χ4n) is 3.05. The van der Waals surface area contributed by atoms with E-state index in [0.29, 0.717) is 6.04 Å². The van der Waals surface area contributed by atoms with Crippen LogP contribution in [0, 0.1) is 6.92 Å². The highest BCUT2D eigenvalue weighted by atomic mass is 16.5. The first kappa shape index (κ1) is 13.4. The maximum Gasteiger partial charge on any atom is 0.133 e. The number of hydrogen-bond donors (Lipinski definition) is 1. The average molecular weight is 273 g/mol. The molecule has 0 fully saturated rings. The maximum atomic E-state index is 5.14. The molecule has 0 spiro atoms. The highest BCUT2D eigenvalue weighted by molar-refractivity contribution is 5.30. The third-order valence-electron chi connectivity index (χ3n) is 3.97. The zero-order chi connectivity index (χ0) is 13.9. The molecule has 2 aromatic rings. The molecule has 4 nitrogen and oxygen atoms in total. The molecule has 1 unspecified atom stereocenters. The topological polar surface area (TPSA) is 43.0 Å². The summed E-state index contributed by atoms with van der Waals surface area (Å²) in [5, 5.41) is 7.74. The molecular formula is C16H23N3O. The first-order valence-corrected chi connectivity index (χ1v) is 7.60. The largest absolute Gasteiger partial charge is 0.361 e. The van der Waals surface area contributed by atoms with Crippen LogP contribution in [0.5, 0.6) is 0 Å². The summed E-state index contributed by atoms with van der Waals surface area (Å²) in [4.78, 5) is 0. The Kier molecular flexibility index (Phi) is 3.92. The number of aromatic nitrogens is 2. The Morgan fingerprint density at radius 3 is 3.10 bits per heavy atom. The van der Waals surface area contributed by atoms with Crippen molar-refractivity contribution in [3.8, 4) is 0 Å². The second kappa shape index (κ2) is 5.83. The Balaban J connectivity index is 1.76.